The van der Waals surface area contributed by atoms with E-state index in [1.165, 1.54) is 0 Å². The lowest BCUT2D eigenvalue weighted by Crippen LogP contribution is -2.35. The molecule has 1 fully saturated rings. The van der Waals surface area contributed by atoms with Gasteiger partial charge in [-0.25, -0.2) is 8.42 Å². The Balaban J connectivity index is 1.83. The minimum Gasteiger partial charge on any atom is -0.353 e. The second kappa shape index (κ2) is 6.64. The Kier molecular flexibility index (Phi) is 4.46. The van der Waals surface area contributed by atoms with Crippen LogP contribution in [-0.2, 0) is 10.0 Å². The first-order chi connectivity index (χ1) is 12.5. The molecule has 1 aliphatic heterocycles. The van der Waals surface area contributed by atoms with E-state index in [1.807, 2.05) is 19.1 Å². The molecule has 0 bridgehead atoms. The number of rotatable bonds is 4. The summed E-state index contributed by atoms with van der Waals surface area (Å²) < 4.78 is 27.4. The van der Waals surface area contributed by atoms with Crippen LogP contribution < -0.4 is 0 Å². The van der Waals surface area contributed by atoms with Gasteiger partial charge >= 0.3 is 0 Å². The van der Waals surface area contributed by atoms with Crippen molar-refractivity contribution in [2.75, 3.05) is 13.1 Å². The number of fused-ring (bicyclic) bond motifs is 1. The third-order valence-electron chi connectivity index (χ3n) is 4.87. The number of hydrogen-bond donors (Lipinski definition) is 1. The smallest absolute Gasteiger partial charge is 0.243 e. The molecular formula is C19H20N2O3S2. The highest BCUT2D eigenvalue weighted by Crippen LogP contribution is 2.35. The molecule has 3 heterocycles. The number of carbonyl (C=O) groups excluding carboxylic acids is 1. The highest BCUT2D eigenvalue weighted by Gasteiger charge is 2.27. The van der Waals surface area contributed by atoms with Gasteiger partial charge in [0.15, 0.2) is 6.29 Å². The molecule has 5 nitrogen and oxygen atoms in total. The summed E-state index contributed by atoms with van der Waals surface area (Å²) in [5, 5.41) is 0.652. The number of sulfonamides is 1. The molecule has 0 amide bonds. The van der Waals surface area contributed by atoms with Crippen LogP contribution in [0.25, 0.3) is 21.5 Å². The number of aldehydes is 1. The Hall–Kier alpha value is -1.96. The van der Waals surface area contributed by atoms with E-state index in [-0.39, 0.29) is 4.90 Å². The lowest BCUT2D eigenvalue weighted by molar-refractivity contribution is 0.112. The summed E-state index contributed by atoms with van der Waals surface area (Å²) in [5.41, 5.74) is 2.03. The summed E-state index contributed by atoms with van der Waals surface area (Å²) in [7, 11) is -3.52. The van der Waals surface area contributed by atoms with Crippen molar-refractivity contribution in [2.45, 2.75) is 31.1 Å². The first-order valence-electron chi connectivity index (χ1n) is 8.68. The molecule has 1 N–H and O–H groups in total. The van der Waals surface area contributed by atoms with Crippen LogP contribution in [0.4, 0.5) is 0 Å². The molecule has 26 heavy (non-hydrogen) atoms. The molecule has 2 aromatic heterocycles. The molecule has 4 rings (SSSR count). The lowest BCUT2D eigenvalue weighted by Gasteiger charge is -2.25. The number of aryl methyl sites for hydroxylation is 1. The molecular weight excluding hydrogens is 368 g/mol. The Morgan fingerprint density at radius 3 is 2.54 bits per heavy atom. The van der Waals surface area contributed by atoms with Crippen LogP contribution in [0.15, 0.2) is 35.2 Å². The summed E-state index contributed by atoms with van der Waals surface area (Å²) in [6.07, 6.45) is 3.67. The zero-order valence-electron chi connectivity index (χ0n) is 14.5. The third kappa shape index (κ3) is 2.90. The van der Waals surface area contributed by atoms with Gasteiger partial charge in [0.1, 0.15) is 0 Å². The average molecular weight is 389 g/mol. The number of H-pyrrole nitrogens is 1. The van der Waals surface area contributed by atoms with Gasteiger partial charge in [-0.05, 0) is 50.1 Å². The van der Waals surface area contributed by atoms with E-state index in [0.717, 1.165) is 46.5 Å². The third-order valence-corrected chi connectivity index (χ3v) is 7.78. The van der Waals surface area contributed by atoms with E-state index >= 15 is 0 Å². The van der Waals surface area contributed by atoms with Gasteiger partial charge in [0, 0.05) is 34.4 Å². The van der Waals surface area contributed by atoms with Crippen molar-refractivity contribution in [1.82, 2.24) is 9.29 Å². The standard InChI is InChI=1S/C19H20N2O3S2/c1-13-5-8-18(25-13)19-16(12-22)15-11-14(6-7-17(15)20-19)26(23,24)21-9-3-2-4-10-21/h5-8,11-12,20H,2-4,9-10H2,1H3. The molecule has 136 valence electrons. The number of hydrogen-bond acceptors (Lipinski definition) is 4. The lowest BCUT2D eigenvalue weighted by atomic mass is 10.1. The van der Waals surface area contributed by atoms with E-state index < -0.39 is 10.0 Å². The van der Waals surface area contributed by atoms with Crippen molar-refractivity contribution in [1.29, 1.82) is 0 Å². The number of nitrogens with zero attached hydrogens (tertiary/aromatic N) is 1. The second-order valence-corrected chi connectivity index (χ2v) is 9.84. The maximum Gasteiger partial charge on any atom is 0.243 e. The zero-order valence-corrected chi connectivity index (χ0v) is 16.1. The maximum absolute atomic E-state index is 12.9. The summed E-state index contributed by atoms with van der Waals surface area (Å²) in [5.74, 6) is 0. The first-order valence-corrected chi connectivity index (χ1v) is 10.9. The maximum atomic E-state index is 12.9. The number of nitrogens with one attached hydrogen (secondary N) is 1. The van der Waals surface area contributed by atoms with E-state index in [2.05, 4.69) is 4.98 Å². The topological polar surface area (TPSA) is 70.2 Å². The van der Waals surface area contributed by atoms with Crippen molar-refractivity contribution < 1.29 is 13.2 Å². The van der Waals surface area contributed by atoms with Crippen molar-refractivity contribution in [3.63, 3.8) is 0 Å². The summed E-state index contributed by atoms with van der Waals surface area (Å²) in [6.45, 7) is 3.14. The Morgan fingerprint density at radius 1 is 1.12 bits per heavy atom. The molecule has 0 spiro atoms. The Bertz CT molecular complexity index is 1070. The minimum absolute atomic E-state index is 0.253. The predicted octanol–water partition coefficient (Wildman–Crippen LogP) is 4.19. The fourth-order valence-corrected chi connectivity index (χ4v) is 5.92. The molecule has 0 unspecified atom stereocenters. The van der Waals surface area contributed by atoms with Gasteiger partial charge in [0.05, 0.1) is 15.5 Å². The molecule has 1 saturated heterocycles. The van der Waals surface area contributed by atoms with Crippen LogP contribution in [-0.4, -0.2) is 37.1 Å². The van der Waals surface area contributed by atoms with Gasteiger partial charge in [-0.15, -0.1) is 11.3 Å². The number of thiophene rings is 1. The molecule has 0 radical (unpaired) electrons. The molecule has 1 aromatic carbocycles. The van der Waals surface area contributed by atoms with Crippen LogP contribution in [0.3, 0.4) is 0 Å². The monoisotopic (exact) mass is 388 g/mol. The van der Waals surface area contributed by atoms with Crippen molar-refractivity contribution in [3.8, 4) is 10.6 Å². The van der Waals surface area contributed by atoms with Gasteiger partial charge in [-0.1, -0.05) is 6.42 Å². The molecule has 0 atom stereocenters. The molecule has 0 saturated carbocycles. The van der Waals surface area contributed by atoms with Crippen LogP contribution in [0.1, 0.15) is 34.5 Å². The molecule has 1 aliphatic rings. The molecule has 3 aromatic rings. The average Bonchev–Trinajstić information content (AvgIpc) is 3.24. The van der Waals surface area contributed by atoms with Gasteiger partial charge < -0.3 is 4.98 Å². The predicted molar refractivity (Wildman–Crippen MR) is 104 cm³/mol. The van der Waals surface area contributed by atoms with Gasteiger partial charge in [-0.2, -0.15) is 4.31 Å². The highest BCUT2D eigenvalue weighted by atomic mass is 32.2. The normalized spacial score (nSPS) is 16.2. The van der Waals surface area contributed by atoms with Crippen molar-refractivity contribution in [2.24, 2.45) is 0 Å². The van der Waals surface area contributed by atoms with Gasteiger partial charge in [0.25, 0.3) is 0 Å². The summed E-state index contributed by atoms with van der Waals surface area (Å²) >= 11 is 1.60. The second-order valence-electron chi connectivity index (χ2n) is 6.61. The van der Waals surface area contributed by atoms with Gasteiger partial charge in [-0.3, -0.25) is 4.79 Å². The van der Waals surface area contributed by atoms with Crippen LogP contribution in [0.5, 0.6) is 0 Å². The minimum atomic E-state index is -3.52. The van der Waals surface area contributed by atoms with E-state index in [0.29, 0.717) is 24.0 Å². The molecule has 0 aliphatic carbocycles. The van der Waals surface area contributed by atoms with Crippen molar-refractivity contribution in [3.05, 3.63) is 40.8 Å². The van der Waals surface area contributed by atoms with E-state index in [9.17, 15) is 13.2 Å². The van der Waals surface area contributed by atoms with Crippen molar-refractivity contribution >= 4 is 38.5 Å². The highest BCUT2D eigenvalue weighted by molar-refractivity contribution is 7.89. The number of aromatic nitrogens is 1. The van der Waals surface area contributed by atoms with Crippen LogP contribution in [0.2, 0.25) is 0 Å². The Morgan fingerprint density at radius 2 is 1.88 bits per heavy atom. The number of piperidine rings is 1. The first kappa shape index (κ1) is 17.5. The zero-order chi connectivity index (χ0) is 18.3. The van der Waals surface area contributed by atoms with E-state index in [1.54, 1.807) is 33.8 Å². The van der Waals surface area contributed by atoms with Crippen LogP contribution >= 0.6 is 11.3 Å². The largest absolute Gasteiger partial charge is 0.353 e. The number of aromatic amines is 1. The number of carbonyl (C=O) groups is 1. The number of benzene rings is 1. The Labute approximate surface area is 156 Å². The van der Waals surface area contributed by atoms with Gasteiger partial charge in [0.2, 0.25) is 10.0 Å². The van der Waals surface area contributed by atoms with E-state index in [4.69, 9.17) is 0 Å². The fourth-order valence-electron chi connectivity index (χ4n) is 3.49. The fraction of sp³-hybridized carbons (Fsp3) is 0.316. The molecule has 7 heteroatoms. The quantitative estimate of drug-likeness (QED) is 0.681. The summed E-state index contributed by atoms with van der Waals surface area (Å²) in [4.78, 5) is 17.4. The van der Waals surface area contributed by atoms with Crippen LogP contribution in [0, 0.1) is 6.92 Å². The summed E-state index contributed by atoms with van der Waals surface area (Å²) in [6, 6.07) is 8.99. The SMILES string of the molecule is Cc1ccc(-c2[nH]c3ccc(S(=O)(=O)N4CCCCC4)cc3c2C=O)s1.